The maximum absolute atomic E-state index is 12.4. The summed E-state index contributed by atoms with van der Waals surface area (Å²) in [6.45, 7) is 0.470. The Kier molecular flexibility index (Phi) is 4.78. The van der Waals surface area contributed by atoms with Crippen molar-refractivity contribution in [1.82, 2.24) is 15.2 Å². The van der Waals surface area contributed by atoms with Crippen molar-refractivity contribution < 1.29 is 4.79 Å². The zero-order valence-electron chi connectivity index (χ0n) is 13.6. The first-order valence-electron chi connectivity index (χ1n) is 7.65. The molecule has 0 fully saturated rings. The van der Waals surface area contributed by atoms with Gasteiger partial charge in [-0.2, -0.15) is 11.3 Å². The van der Waals surface area contributed by atoms with E-state index in [-0.39, 0.29) is 23.2 Å². The quantitative estimate of drug-likeness (QED) is 0.750. The number of likely N-dealkylation sites (N-methyl/N-ethyl adjacent to an activating group) is 1. The van der Waals surface area contributed by atoms with Crippen molar-refractivity contribution >= 4 is 28.0 Å². The van der Waals surface area contributed by atoms with Crippen LogP contribution < -0.4 is 10.9 Å². The number of nitrogens with one attached hydrogen (secondary N) is 2. The Bertz CT molecular complexity index is 900. The highest BCUT2D eigenvalue weighted by atomic mass is 32.1. The number of amides is 1. The zero-order chi connectivity index (χ0) is 17.1. The maximum Gasteiger partial charge on any atom is 0.267 e. The molecule has 124 valence electrons. The van der Waals surface area contributed by atoms with Gasteiger partial charge in [-0.3, -0.25) is 9.59 Å². The lowest BCUT2D eigenvalue weighted by atomic mass is 10.1. The van der Waals surface area contributed by atoms with Crippen LogP contribution in [-0.4, -0.2) is 36.4 Å². The van der Waals surface area contributed by atoms with Gasteiger partial charge >= 0.3 is 0 Å². The minimum absolute atomic E-state index is 0.0902. The molecule has 6 heteroatoms. The van der Waals surface area contributed by atoms with Crippen molar-refractivity contribution in [2.24, 2.45) is 0 Å². The molecule has 0 saturated heterocycles. The molecule has 1 atom stereocenters. The second kappa shape index (κ2) is 6.98. The third-order valence-corrected chi connectivity index (χ3v) is 4.71. The van der Waals surface area contributed by atoms with Gasteiger partial charge in [0.2, 0.25) is 0 Å². The lowest BCUT2D eigenvalue weighted by molar-refractivity contribution is 0.0937. The van der Waals surface area contributed by atoms with Crippen LogP contribution in [0.25, 0.3) is 10.8 Å². The lowest BCUT2D eigenvalue weighted by Crippen LogP contribution is -2.35. The Labute approximate surface area is 143 Å². The molecule has 2 N–H and O–H groups in total. The van der Waals surface area contributed by atoms with Gasteiger partial charge in [-0.1, -0.05) is 18.2 Å². The number of H-pyrrole nitrogens is 1. The summed E-state index contributed by atoms with van der Waals surface area (Å²) in [4.78, 5) is 29.3. The van der Waals surface area contributed by atoms with Crippen LogP contribution in [0.5, 0.6) is 0 Å². The molecule has 3 rings (SSSR count). The average molecular weight is 341 g/mol. The van der Waals surface area contributed by atoms with E-state index < -0.39 is 0 Å². The van der Waals surface area contributed by atoms with E-state index in [1.54, 1.807) is 29.5 Å². The molecule has 0 bridgehead atoms. The number of fused-ring (bicyclic) bond motifs is 1. The summed E-state index contributed by atoms with van der Waals surface area (Å²) in [6, 6.07) is 11.1. The molecule has 5 nitrogen and oxygen atoms in total. The third kappa shape index (κ3) is 3.39. The first-order chi connectivity index (χ1) is 11.6. The van der Waals surface area contributed by atoms with E-state index in [1.165, 1.54) is 0 Å². The van der Waals surface area contributed by atoms with E-state index in [0.717, 1.165) is 10.9 Å². The van der Waals surface area contributed by atoms with E-state index in [9.17, 15) is 9.59 Å². The van der Waals surface area contributed by atoms with Crippen molar-refractivity contribution in [3.05, 3.63) is 68.8 Å². The number of pyridine rings is 1. The molecule has 0 unspecified atom stereocenters. The standard InChI is InChI=1S/C18H19N3O2S/c1-21(2)16(13-7-8-24-11-13)10-19-18(23)15-9-12-5-3-4-6-14(12)17(22)20-15/h3-9,11,16H,10H2,1-2H3,(H,19,23)(H,20,22)/t16-/m0/s1. The molecule has 0 saturated carbocycles. The molecule has 0 aliphatic carbocycles. The van der Waals surface area contributed by atoms with Gasteiger partial charge in [-0.25, -0.2) is 0 Å². The SMILES string of the molecule is CN(C)[C@@H](CNC(=O)c1cc2ccccc2c(=O)[nH]1)c1ccsc1. The molecule has 0 aliphatic rings. The van der Waals surface area contributed by atoms with Gasteiger partial charge in [0.25, 0.3) is 11.5 Å². The van der Waals surface area contributed by atoms with Crippen LogP contribution >= 0.6 is 11.3 Å². The Balaban J connectivity index is 1.79. The van der Waals surface area contributed by atoms with E-state index in [1.807, 2.05) is 31.6 Å². The maximum atomic E-state index is 12.4. The number of aromatic nitrogens is 1. The van der Waals surface area contributed by atoms with Crippen LogP contribution in [0, 0.1) is 0 Å². The molecule has 0 radical (unpaired) electrons. The number of carbonyl (C=O) groups excluding carboxylic acids is 1. The van der Waals surface area contributed by atoms with E-state index in [4.69, 9.17) is 0 Å². The van der Waals surface area contributed by atoms with E-state index in [2.05, 4.69) is 26.6 Å². The molecule has 1 amide bonds. The Hall–Kier alpha value is -2.44. The molecular formula is C18H19N3O2S. The fraction of sp³-hybridized carbons (Fsp3) is 0.222. The van der Waals surface area contributed by atoms with Crippen LogP contribution in [-0.2, 0) is 0 Å². The van der Waals surface area contributed by atoms with Crippen molar-refractivity contribution in [2.45, 2.75) is 6.04 Å². The van der Waals surface area contributed by atoms with Gasteiger partial charge in [0.15, 0.2) is 0 Å². The van der Waals surface area contributed by atoms with Crippen molar-refractivity contribution in [2.75, 3.05) is 20.6 Å². The van der Waals surface area contributed by atoms with Gasteiger partial charge in [0.1, 0.15) is 5.69 Å². The Morgan fingerprint density at radius 2 is 2.08 bits per heavy atom. The molecule has 2 heterocycles. The number of rotatable bonds is 5. The van der Waals surface area contributed by atoms with Crippen LogP contribution in [0.4, 0.5) is 0 Å². The predicted octanol–water partition coefficient (Wildman–Crippen LogP) is 2.62. The summed E-state index contributed by atoms with van der Waals surface area (Å²) in [5, 5.41) is 8.35. The number of benzene rings is 1. The van der Waals surface area contributed by atoms with Crippen LogP contribution in [0.3, 0.4) is 0 Å². The highest BCUT2D eigenvalue weighted by Gasteiger charge is 2.17. The Morgan fingerprint density at radius 1 is 1.29 bits per heavy atom. The van der Waals surface area contributed by atoms with Crippen molar-refractivity contribution in [3.8, 4) is 0 Å². The Morgan fingerprint density at radius 3 is 2.79 bits per heavy atom. The molecule has 24 heavy (non-hydrogen) atoms. The molecule has 1 aromatic carbocycles. The summed E-state index contributed by atoms with van der Waals surface area (Å²) in [6.07, 6.45) is 0. The summed E-state index contributed by atoms with van der Waals surface area (Å²) >= 11 is 1.63. The molecule has 0 spiro atoms. The third-order valence-electron chi connectivity index (χ3n) is 4.01. The number of nitrogens with zero attached hydrogens (tertiary/aromatic N) is 1. The van der Waals surface area contributed by atoms with Crippen molar-refractivity contribution in [3.63, 3.8) is 0 Å². The number of hydrogen-bond donors (Lipinski definition) is 2. The summed E-state index contributed by atoms with van der Waals surface area (Å²) in [7, 11) is 3.96. The van der Waals surface area contributed by atoms with Crippen LogP contribution in [0.2, 0.25) is 0 Å². The highest BCUT2D eigenvalue weighted by Crippen LogP contribution is 2.20. The van der Waals surface area contributed by atoms with Crippen molar-refractivity contribution in [1.29, 1.82) is 0 Å². The first kappa shape index (κ1) is 16.4. The second-order valence-corrected chi connectivity index (χ2v) is 6.63. The molecule has 2 aromatic heterocycles. The fourth-order valence-corrected chi connectivity index (χ4v) is 3.39. The normalized spacial score (nSPS) is 12.5. The molecule has 3 aromatic rings. The van der Waals surface area contributed by atoms with Gasteiger partial charge in [-0.15, -0.1) is 0 Å². The lowest BCUT2D eigenvalue weighted by Gasteiger charge is -2.24. The first-order valence-corrected chi connectivity index (χ1v) is 8.59. The summed E-state index contributed by atoms with van der Waals surface area (Å²) in [5.74, 6) is -0.278. The number of hydrogen-bond acceptors (Lipinski definition) is 4. The summed E-state index contributed by atoms with van der Waals surface area (Å²) in [5.41, 5.74) is 1.19. The average Bonchev–Trinajstić information content (AvgIpc) is 3.08. The van der Waals surface area contributed by atoms with Crippen LogP contribution in [0.1, 0.15) is 22.1 Å². The highest BCUT2D eigenvalue weighted by molar-refractivity contribution is 7.07. The van der Waals surface area contributed by atoms with Gasteiger partial charge < -0.3 is 15.2 Å². The minimum Gasteiger partial charge on any atom is -0.349 e. The topological polar surface area (TPSA) is 65.2 Å². The largest absolute Gasteiger partial charge is 0.349 e. The second-order valence-electron chi connectivity index (χ2n) is 5.85. The summed E-state index contributed by atoms with van der Waals surface area (Å²) < 4.78 is 0. The van der Waals surface area contributed by atoms with E-state index in [0.29, 0.717) is 11.9 Å². The van der Waals surface area contributed by atoms with Crippen LogP contribution in [0.15, 0.2) is 52.0 Å². The number of carbonyl (C=O) groups is 1. The minimum atomic E-state index is -0.278. The monoisotopic (exact) mass is 341 g/mol. The van der Waals surface area contributed by atoms with Gasteiger partial charge in [0, 0.05) is 11.9 Å². The van der Waals surface area contributed by atoms with E-state index >= 15 is 0 Å². The van der Waals surface area contributed by atoms with Gasteiger partial charge in [0.05, 0.1) is 6.04 Å². The van der Waals surface area contributed by atoms with Gasteiger partial charge in [-0.05, 0) is 54.0 Å². The zero-order valence-corrected chi connectivity index (χ0v) is 14.4. The number of thiophene rings is 1. The predicted molar refractivity (Wildman–Crippen MR) is 97.6 cm³/mol. The molecule has 0 aliphatic heterocycles. The molecular weight excluding hydrogens is 322 g/mol. The fourth-order valence-electron chi connectivity index (χ4n) is 2.68. The number of aromatic amines is 1. The smallest absolute Gasteiger partial charge is 0.267 e.